The van der Waals surface area contributed by atoms with E-state index in [2.05, 4.69) is 33.5 Å². The predicted octanol–water partition coefficient (Wildman–Crippen LogP) is 1.97. The maximum atomic E-state index is 6.28. The number of nitrogens with two attached hydrogens (primary N) is 1. The molecule has 1 aliphatic rings. The number of pyridine rings is 1. The third-order valence-corrected chi connectivity index (χ3v) is 4.82. The molecule has 1 aliphatic carbocycles. The summed E-state index contributed by atoms with van der Waals surface area (Å²) in [7, 11) is 0. The van der Waals surface area contributed by atoms with Crippen molar-refractivity contribution in [1.82, 2.24) is 25.2 Å². The van der Waals surface area contributed by atoms with Crippen LogP contribution in [-0.4, -0.2) is 31.2 Å². The highest BCUT2D eigenvalue weighted by atomic mass is 32.2. The Labute approximate surface area is 122 Å². The van der Waals surface area contributed by atoms with Crippen LogP contribution in [0.1, 0.15) is 43.0 Å². The lowest BCUT2D eigenvalue weighted by molar-refractivity contribution is 0.561. The van der Waals surface area contributed by atoms with Crippen LogP contribution in [0.25, 0.3) is 0 Å². The van der Waals surface area contributed by atoms with Crippen molar-refractivity contribution in [2.24, 2.45) is 5.73 Å². The minimum Gasteiger partial charge on any atom is -0.326 e. The molecule has 2 atom stereocenters. The lowest BCUT2D eigenvalue weighted by Crippen LogP contribution is -2.26. The highest BCUT2D eigenvalue weighted by Crippen LogP contribution is 2.41. The van der Waals surface area contributed by atoms with Gasteiger partial charge in [0.05, 0.1) is 11.3 Å². The minimum absolute atomic E-state index is 0.0496. The van der Waals surface area contributed by atoms with Gasteiger partial charge in [-0.05, 0) is 41.3 Å². The average Bonchev–Trinajstić information content (AvgIpc) is 3.24. The van der Waals surface area contributed by atoms with Crippen molar-refractivity contribution in [2.45, 2.75) is 48.7 Å². The highest BCUT2D eigenvalue weighted by molar-refractivity contribution is 7.99. The molecule has 0 bridgehead atoms. The van der Waals surface area contributed by atoms with E-state index in [-0.39, 0.29) is 11.3 Å². The molecule has 20 heavy (non-hydrogen) atoms. The molecule has 106 valence electrons. The molecule has 2 unspecified atom stereocenters. The van der Waals surface area contributed by atoms with Gasteiger partial charge in [-0.15, -0.1) is 5.10 Å². The Bertz CT molecular complexity index is 553. The normalized spacial score (nSPS) is 17.9. The third kappa shape index (κ3) is 2.83. The second-order valence-corrected chi connectivity index (χ2v) is 6.14. The summed E-state index contributed by atoms with van der Waals surface area (Å²) in [5.41, 5.74) is 7.40. The summed E-state index contributed by atoms with van der Waals surface area (Å²) < 4.78 is 1.93. The number of hydrogen-bond donors (Lipinski definition) is 1. The molecule has 1 saturated carbocycles. The largest absolute Gasteiger partial charge is 0.326 e. The molecule has 2 heterocycles. The Morgan fingerprint density at radius 2 is 2.35 bits per heavy atom. The van der Waals surface area contributed by atoms with Crippen molar-refractivity contribution < 1.29 is 0 Å². The van der Waals surface area contributed by atoms with Crippen LogP contribution < -0.4 is 5.73 Å². The molecule has 0 saturated heterocycles. The number of aromatic nitrogens is 5. The van der Waals surface area contributed by atoms with Gasteiger partial charge in [0.2, 0.25) is 5.16 Å². The van der Waals surface area contributed by atoms with E-state index in [4.69, 9.17) is 5.73 Å². The molecule has 0 aliphatic heterocycles. The Kier molecular flexibility index (Phi) is 3.98. The monoisotopic (exact) mass is 290 g/mol. The van der Waals surface area contributed by atoms with Crippen LogP contribution in [0.4, 0.5) is 0 Å². The number of hydrogen-bond acceptors (Lipinski definition) is 6. The first kappa shape index (κ1) is 13.5. The van der Waals surface area contributed by atoms with E-state index in [1.54, 1.807) is 18.0 Å². The second kappa shape index (κ2) is 5.88. The van der Waals surface area contributed by atoms with Crippen molar-refractivity contribution in [3.8, 4) is 0 Å². The van der Waals surface area contributed by atoms with Gasteiger partial charge in [0.15, 0.2) is 0 Å². The molecule has 0 spiro atoms. The first-order valence-electron chi connectivity index (χ1n) is 6.89. The number of nitrogens with zero attached hydrogens (tertiary/aromatic N) is 5. The molecule has 7 heteroatoms. The van der Waals surface area contributed by atoms with E-state index in [1.165, 1.54) is 0 Å². The van der Waals surface area contributed by atoms with Crippen LogP contribution in [0.2, 0.25) is 0 Å². The summed E-state index contributed by atoms with van der Waals surface area (Å²) in [4.78, 5) is 4.19. The van der Waals surface area contributed by atoms with E-state index in [9.17, 15) is 0 Å². The zero-order valence-electron chi connectivity index (χ0n) is 11.4. The van der Waals surface area contributed by atoms with E-state index in [0.717, 1.165) is 30.0 Å². The number of tetrazole rings is 1. The van der Waals surface area contributed by atoms with Gasteiger partial charge >= 0.3 is 0 Å². The molecular formula is C13H18N6S. The molecule has 3 rings (SSSR count). The maximum absolute atomic E-state index is 6.28. The second-order valence-electron chi connectivity index (χ2n) is 5.03. The van der Waals surface area contributed by atoms with Gasteiger partial charge < -0.3 is 5.73 Å². The summed E-state index contributed by atoms with van der Waals surface area (Å²) in [6, 6.07) is 4.52. The van der Waals surface area contributed by atoms with Crippen molar-refractivity contribution in [3.05, 3.63) is 30.1 Å². The predicted molar refractivity (Wildman–Crippen MR) is 77.2 cm³/mol. The summed E-state index contributed by atoms with van der Waals surface area (Å²) in [6.07, 6.45) is 6.87. The van der Waals surface area contributed by atoms with E-state index >= 15 is 0 Å². The van der Waals surface area contributed by atoms with Crippen molar-refractivity contribution >= 4 is 11.8 Å². The first-order valence-corrected chi connectivity index (χ1v) is 7.77. The van der Waals surface area contributed by atoms with Crippen LogP contribution in [0.15, 0.2) is 29.7 Å². The summed E-state index contributed by atoms with van der Waals surface area (Å²) in [5, 5.41) is 13.0. The van der Waals surface area contributed by atoms with Crippen LogP contribution >= 0.6 is 11.8 Å². The zero-order valence-corrected chi connectivity index (χ0v) is 12.2. The lowest BCUT2D eigenvalue weighted by atomic mass is 10.1. The first-order chi connectivity index (χ1) is 9.79. The van der Waals surface area contributed by atoms with Crippen molar-refractivity contribution in [1.29, 1.82) is 0 Å². The Morgan fingerprint density at radius 3 is 3.00 bits per heavy atom. The molecule has 0 amide bonds. The van der Waals surface area contributed by atoms with Crippen LogP contribution in [0, 0.1) is 0 Å². The fourth-order valence-corrected chi connectivity index (χ4v) is 3.33. The van der Waals surface area contributed by atoms with Crippen molar-refractivity contribution in [3.63, 3.8) is 0 Å². The summed E-state index contributed by atoms with van der Waals surface area (Å²) in [5.74, 6) is 0. The van der Waals surface area contributed by atoms with Gasteiger partial charge in [-0.2, -0.15) is 0 Å². The molecule has 0 aromatic carbocycles. The molecule has 2 aromatic rings. The zero-order chi connectivity index (χ0) is 13.9. The van der Waals surface area contributed by atoms with Crippen LogP contribution in [0.5, 0.6) is 0 Å². The highest BCUT2D eigenvalue weighted by Gasteiger charge is 2.30. The van der Waals surface area contributed by atoms with Gasteiger partial charge in [0.1, 0.15) is 0 Å². The lowest BCUT2D eigenvalue weighted by Gasteiger charge is -2.21. The fourth-order valence-electron chi connectivity index (χ4n) is 2.09. The Morgan fingerprint density at radius 1 is 1.50 bits per heavy atom. The van der Waals surface area contributed by atoms with Crippen LogP contribution in [-0.2, 0) is 0 Å². The van der Waals surface area contributed by atoms with Gasteiger partial charge in [-0.25, -0.2) is 4.68 Å². The molecule has 1 fully saturated rings. The summed E-state index contributed by atoms with van der Waals surface area (Å²) in [6.45, 7) is 2.10. The topological polar surface area (TPSA) is 82.5 Å². The standard InChI is InChI=1S/C13H18N6S/c1-2-11(14)12(9-4-3-7-15-8-9)20-13-16-17-18-19(13)10-5-6-10/h3-4,7-8,10-12H,2,5-6,14H2,1H3. The van der Waals surface area contributed by atoms with Crippen LogP contribution in [0.3, 0.4) is 0 Å². The Hall–Kier alpha value is -1.47. The summed E-state index contributed by atoms with van der Waals surface area (Å²) >= 11 is 1.64. The maximum Gasteiger partial charge on any atom is 0.210 e. The third-order valence-electron chi connectivity index (χ3n) is 3.46. The van der Waals surface area contributed by atoms with Gasteiger partial charge in [-0.1, -0.05) is 24.8 Å². The smallest absolute Gasteiger partial charge is 0.210 e. The number of rotatable bonds is 6. The van der Waals surface area contributed by atoms with E-state index < -0.39 is 0 Å². The molecular weight excluding hydrogens is 272 g/mol. The molecule has 2 N–H and O–H groups in total. The van der Waals surface area contributed by atoms with E-state index in [1.807, 2.05) is 16.9 Å². The average molecular weight is 290 g/mol. The van der Waals surface area contributed by atoms with E-state index in [0.29, 0.717) is 6.04 Å². The van der Waals surface area contributed by atoms with Gasteiger partial charge in [-0.3, -0.25) is 4.98 Å². The van der Waals surface area contributed by atoms with Crippen molar-refractivity contribution in [2.75, 3.05) is 0 Å². The van der Waals surface area contributed by atoms with Gasteiger partial charge in [0.25, 0.3) is 0 Å². The number of thioether (sulfide) groups is 1. The molecule has 6 nitrogen and oxygen atoms in total. The fraction of sp³-hybridized carbons (Fsp3) is 0.538. The molecule has 2 aromatic heterocycles. The Balaban J connectivity index is 1.84. The SMILES string of the molecule is CCC(N)C(Sc1nnnn1C1CC1)c1cccnc1. The molecule has 0 radical (unpaired) electrons. The van der Waals surface area contributed by atoms with Gasteiger partial charge in [0, 0.05) is 18.4 Å². The quantitative estimate of drug-likeness (QED) is 0.819. The minimum atomic E-state index is 0.0496.